The number of aromatic nitrogens is 1. The number of rotatable bonds is 2. The largest absolute Gasteiger partial charge is 0.399 e. The van der Waals surface area contributed by atoms with Gasteiger partial charge in [0.15, 0.2) is 0 Å². The van der Waals surface area contributed by atoms with Crippen LogP contribution >= 0.6 is 11.3 Å². The van der Waals surface area contributed by atoms with E-state index in [-0.39, 0.29) is 5.41 Å². The smallest absolute Gasteiger partial charge is 0.104 e. The van der Waals surface area contributed by atoms with E-state index in [0.29, 0.717) is 0 Å². The molecule has 0 atom stereocenters. The highest BCUT2D eigenvalue weighted by Crippen LogP contribution is 2.36. The van der Waals surface area contributed by atoms with E-state index in [9.17, 15) is 0 Å². The lowest BCUT2D eigenvalue weighted by Gasteiger charge is -2.22. The molecule has 2 N–H and O–H groups in total. The highest BCUT2D eigenvalue weighted by Gasteiger charge is 2.26. The summed E-state index contributed by atoms with van der Waals surface area (Å²) in [7, 11) is 0. The van der Waals surface area contributed by atoms with Crippen LogP contribution in [0.2, 0.25) is 0 Å². The van der Waals surface area contributed by atoms with Gasteiger partial charge in [0, 0.05) is 11.1 Å². The average Bonchev–Trinajstić information content (AvgIpc) is 2.83. The van der Waals surface area contributed by atoms with Crippen molar-refractivity contribution in [3.63, 3.8) is 0 Å². The third-order valence-electron chi connectivity index (χ3n) is 3.46. The normalized spacial score (nSPS) is 11.9. The topological polar surface area (TPSA) is 38.9 Å². The number of hydrogen-bond donors (Lipinski definition) is 1. The summed E-state index contributed by atoms with van der Waals surface area (Å²) in [4.78, 5) is 4.77. The minimum Gasteiger partial charge on any atom is -0.399 e. The van der Waals surface area contributed by atoms with E-state index >= 15 is 0 Å². The van der Waals surface area contributed by atoms with Crippen molar-refractivity contribution in [1.29, 1.82) is 0 Å². The molecule has 0 bridgehead atoms. The molecule has 2 nitrogen and oxygen atoms in total. The molecular weight excluding hydrogens is 252 g/mol. The summed E-state index contributed by atoms with van der Waals surface area (Å²) in [5.74, 6) is 0. The van der Waals surface area contributed by atoms with Crippen molar-refractivity contribution in [3.05, 3.63) is 59.1 Å². The number of fused-ring (bicyclic) bond motifs is 1. The van der Waals surface area contributed by atoms with Gasteiger partial charge >= 0.3 is 0 Å². The first-order valence-electron chi connectivity index (χ1n) is 6.29. The van der Waals surface area contributed by atoms with E-state index in [1.54, 1.807) is 11.3 Å². The highest BCUT2D eigenvalue weighted by molar-refractivity contribution is 7.18. The van der Waals surface area contributed by atoms with E-state index in [1.807, 2.05) is 18.2 Å². The second-order valence-electron chi connectivity index (χ2n) is 5.23. The quantitative estimate of drug-likeness (QED) is 0.707. The van der Waals surface area contributed by atoms with E-state index in [1.165, 1.54) is 10.3 Å². The molecule has 96 valence electrons. The van der Waals surface area contributed by atoms with Crippen LogP contribution < -0.4 is 5.73 Å². The first kappa shape index (κ1) is 12.2. The molecule has 0 saturated heterocycles. The molecule has 0 aliphatic heterocycles. The van der Waals surface area contributed by atoms with E-state index < -0.39 is 0 Å². The molecule has 3 aromatic rings. The Morgan fingerprint density at radius 1 is 1.00 bits per heavy atom. The zero-order valence-electron chi connectivity index (χ0n) is 11.1. The van der Waals surface area contributed by atoms with Crippen LogP contribution in [0.5, 0.6) is 0 Å². The van der Waals surface area contributed by atoms with Gasteiger partial charge in [0.05, 0.1) is 10.2 Å². The highest BCUT2D eigenvalue weighted by atomic mass is 32.1. The van der Waals surface area contributed by atoms with Gasteiger partial charge in [0.25, 0.3) is 0 Å². The SMILES string of the molecule is CC(C)(c1ccc(N)cc1)c1nc2ccccc2s1. The van der Waals surface area contributed by atoms with E-state index in [0.717, 1.165) is 16.2 Å². The zero-order valence-corrected chi connectivity index (χ0v) is 11.9. The maximum atomic E-state index is 5.76. The van der Waals surface area contributed by atoms with Crippen molar-refractivity contribution >= 4 is 27.2 Å². The van der Waals surface area contributed by atoms with Crippen molar-refractivity contribution in [2.24, 2.45) is 0 Å². The Kier molecular flexibility index (Phi) is 2.79. The lowest BCUT2D eigenvalue weighted by molar-refractivity contribution is 0.637. The Morgan fingerprint density at radius 3 is 2.37 bits per heavy atom. The molecule has 2 aromatic carbocycles. The molecule has 0 saturated carbocycles. The van der Waals surface area contributed by atoms with Gasteiger partial charge in [-0.1, -0.05) is 24.3 Å². The molecule has 0 aliphatic carbocycles. The Balaban J connectivity index is 2.10. The van der Waals surface area contributed by atoms with Gasteiger partial charge in [-0.25, -0.2) is 4.98 Å². The van der Waals surface area contributed by atoms with Crippen LogP contribution in [0.25, 0.3) is 10.2 Å². The van der Waals surface area contributed by atoms with Gasteiger partial charge in [0.1, 0.15) is 5.01 Å². The molecule has 0 radical (unpaired) electrons. The summed E-state index contributed by atoms with van der Waals surface area (Å²) in [5.41, 5.74) is 8.76. The summed E-state index contributed by atoms with van der Waals surface area (Å²) in [5, 5.41) is 1.14. The number of nitrogens with zero attached hydrogens (tertiary/aromatic N) is 1. The lowest BCUT2D eigenvalue weighted by Crippen LogP contribution is -2.18. The van der Waals surface area contributed by atoms with Gasteiger partial charge in [-0.15, -0.1) is 11.3 Å². The first-order chi connectivity index (χ1) is 9.07. The van der Waals surface area contributed by atoms with E-state index in [4.69, 9.17) is 10.7 Å². The number of nitrogen functional groups attached to an aromatic ring is 1. The fourth-order valence-corrected chi connectivity index (χ4v) is 3.25. The Bertz CT molecular complexity index is 678. The molecule has 3 rings (SSSR count). The number of benzene rings is 2. The maximum Gasteiger partial charge on any atom is 0.104 e. The van der Waals surface area contributed by atoms with Crippen LogP contribution in [-0.4, -0.2) is 4.98 Å². The van der Waals surface area contributed by atoms with Crippen LogP contribution in [0, 0.1) is 0 Å². The van der Waals surface area contributed by atoms with Crippen LogP contribution in [0.4, 0.5) is 5.69 Å². The summed E-state index contributed by atoms with van der Waals surface area (Å²) in [6.45, 7) is 4.41. The second-order valence-corrected chi connectivity index (χ2v) is 6.26. The minimum atomic E-state index is -0.0998. The van der Waals surface area contributed by atoms with Crippen molar-refractivity contribution in [2.45, 2.75) is 19.3 Å². The molecule has 0 spiro atoms. The molecular formula is C16H16N2S. The summed E-state index contributed by atoms with van der Waals surface area (Å²) in [6.07, 6.45) is 0. The van der Waals surface area contributed by atoms with Gasteiger partial charge in [-0.05, 0) is 43.7 Å². The molecule has 0 amide bonds. The monoisotopic (exact) mass is 268 g/mol. The standard InChI is InChI=1S/C16H16N2S/c1-16(2,11-7-9-12(17)10-8-11)15-18-13-5-3-4-6-14(13)19-15/h3-10H,17H2,1-2H3. The Labute approximate surface area is 116 Å². The van der Waals surface area contributed by atoms with Crippen molar-refractivity contribution < 1.29 is 0 Å². The van der Waals surface area contributed by atoms with Crippen molar-refractivity contribution in [2.75, 3.05) is 5.73 Å². The lowest BCUT2D eigenvalue weighted by atomic mass is 9.85. The molecule has 0 unspecified atom stereocenters. The third kappa shape index (κ3) is 2.10. The predicted octanol–water partition coefficient (Wildman–Crippen LogP) is 4.20. The second kappa shape index (κ2) is 4.35. The van der Waals surface area contributed by atoms with Crippen LogP contribution in [-0.2, 0) is 5.41 Å². The number of anilines is 1. The summed E-state index contributed by atoms with van der Waals surface area (Å²) in [6, 6.07) is 16.3. The number of para-hydroxylation sites is 1. The van der Waals surface area contributed by atoms with Crippen LogP contribution in [0.15, 0.2) is 48.5 Å². The van der Waals surface area contributed by atoms with Crippen LogP contribution in [0.3, 0.4) is 0 Å². The van der Waals surface area contributed by atoms with Gasteiger partial charge < -0.3 is 5.73 Å². The molecule has 1 aromatic heterocycles. The molecule has 19 heavy (non-hydrogen) atoms. The number of hydrogen-bond acceptors (Lipinski definition) is 3. The Morgan fingerprint density at radius 2 is 1.68 bits per heavy atom. The van der Waals surface area contributed by atoms with Crippen molar-refractivity contribution in [3.8, 4) is 0 Å². The zero-order chi connectivity index (χ0) is 13.5. The van der Waals surface area contributed by atoms with Gasteiger partial charge in [-0.3, -0.25) is 0 Å². The fourth-order valence-electron chi connectivity index (χ4n) is 2.16. The number of nitrogens with two attached hydrogens (primary N) is 1. The minimum absolute atomic E-state index is 0.0998. The van der Waals surface area contributed by atoms with Crippen molar-refractivity contribution in [1.82, 2.24) is 4.98 Å². The predicted molar refractivity (Wildman–Crippen MR) is 82.6 cm³/mol. The Hall–Kier alpha value is -1.87. The summed E-state index contributed by atoms with van der Waals surface area (Å²) < 4.78 is 1.24. The molecule has 0 aliphatic rings. The molecule has 3 heteroatoms. The maximum absolute atomic E-state index is 5.76. The fraction of sp³-hybridized carbons (Fsp3) is 0.188. The van der Waals surface area contributed by atoms with Gasteiger partial charge in [-0.2, -0.15) is 0 Å². The summed E-state index contributed by atoms with van der Waals surface area (Å²) >= 11 is 1.76. The first-order valence-corrected chi connectivity index (χ1v) is 7.11. The molecule has 0 fully saturated rings. The van der Waals surface area contributed by atoms with E-state index in [2.05, 4.69) is 44.2 Å². The third-order valence-corrected chi connectivity index (χ3v) is 4.82. The van der Waals surface area contributed by atoms with Gasteiger partial charge in [0.2, 0.25) is 0 Å². The average molecular weight is 268 g/mol. The molecule has 1 heterocycles. The number of thiazole rings is 1. The van der Waals surface area contributed by atoms with Crippen LogP contribution in [0.1, 0.15) is 24.4 Å².